The Morgan fingerprint density at radius 3 is 2.52 bits per heavy atom. The van der Waals surface area contributed by atoms with Crippen LogP contribution in [0.15, 0.2) is 41.3 Å². The largest absolute Gasteiger partial charge is 0.379 e. The standard InChI is InChI=1S/C20H24FN3O4S/c1-14-3-5-17(12-19(14)29(26,27)24-7-9-28-10-8-24)23-20(25)13-22-18-6-4-16(21)11-15(18)2/h3-6,11-12,22H,7-10,13H2,1-2H3,(H,23,25). The van der Waals surface area contributed by atoms with Gasteiger partial charge < -0.3 is 15.4 Å². The van der Waals surface area contributed by atoms with Crippen molar-refractivity contribution in [2.75, 3.05) is 43.5 Å². The second kappa shape index (κ2) is 8.89. The molecule has 1 aliphatic rings. The molecule has 9 heteroatoms. The third-order valence-corrected chi connectivity index (χ3v) is 6.73. The van der Waals surface area contributed by atoms with Gasteiger partial charge in [0.2, 0.25) is 15.9 Å². The number of rotatable bonds is 6. The van der Waals surface area contributed by atoms with Crippen molar-refractivity contribution >= 4 is 27.3 Å². The first-order valence-electron chi connectivity index (χ1n) is 9.26. The zero-order valence-corrected chi connectivity index (χ0v) is 17.2. The molecule has 29 heavy (non-hydrogen) atoms. The topological polar surface area (TPSA) is 87.7 Å². The lowest BCUT2D eigenvalue weighted by molar-refractivity contribution is -0.114. The molecule has 7 nitrogen and oxygen atoms in total. The molecule has 2 aromatic rings. The number of ether oxygens (including phenoxy) is 1. The van der Waals surface area contributed by atoms with E-state index >= 15 is 0 Å². The van der Waals surface area contributed by atoms with E-state index in [1.807, 2.05) is 0 Å². The number of morpholine rings is 1. The smallest absolute Gasteiger partial charge is 0.243 e. The van der Waals surface area contributed by atoms with Gasteiger partial charge in [0.25, 0.3) is 0 Å². The maximum absolute atomic E-state index is 13.2. The normalized spacial score (nSPS) is 15.1. The van der Waals surface area contributed by atoms with Crippen molar-refractivity contribution < 1.29 is 22.3 Å². The zero-order valence-electron chi connectivity index (χ0n) is 16.4. The van der Waals surface area contributed by atoms with Gasteiger partial charge in [0.05, 0.1) is 24.7 Å². The molecule has 2 N–H and O–H groups in total. The Morgan fingerprint density at radius 2 is 1.83 bits per heavy atom. The predicted octanol–water partition coefficient (Wildman–Crippen LogP) is 2.51. The third-order valence-electron chi connectivity index (χ3n) is 4.69. The van der Waals surface area contributed by atoms with Gasteiger partial charge in [-0.15, -0.1) is 0 Å². The van der Waals surface area contributed by atoms with Gasteiger partial charge in [-0.05, 0) is 55.3 Å². The van der Waals surface area contributed by atoms with Crippen molar-refractivity contribution in [3.63, 3.8) is 0 Å². The van der Waals surface area contributed by atoms with E-state index in [0.717, 1.165) is 0 Å². The number of halogens is 1. The number of carbonyl (C=O) groups excluding carboxylic acids is 1. The highest BCUT2D eigenvalue weighted by Gasteiger charge is 2.28. The summed E-state index contributed by atoms with van der Waals surface area (Å²) in [6.45, 7) is 4.76. The number of nitrogens with zero attached hydrogens (tertiary/aromatic N) is 1. The van der Waals surface area contributed by atoms with Gasteiger partial charge in [0.1, 0.15) is 5.82 Å². The summed E-state index contributed by atoms with van der Waals surface area (Å²) in [5.41, 5.74) is 2.34. The Kier molecular flexibility index (Phi) is 6.51. The molecule has 1 fully saturated rings. The molecule has 0 aliphatic carbocycles. The van der Waals surface area contributed by atoms with Crippen molar-refractivity contribution in [1.29, 1.82) is 0 Å². The number of nitrogens with one attached hydrogen (secondary N) is 2. The number of carbonyl (C=O) groups is 1. The number of sulfonamides is 1. The van der Waals surface area contributed by atoms with Crippen molar-refractivity contribution in [1.82, 2.24) is 4.31 Å². The van der Waals surface area contributed by atoms with Crippen LogP contribution in [0.3, 0.4) is 0 Å². The minimum atomic E-state index is -3.67. The Balaban J connectivity index is 1.69. The van der Waals surface area contributed by atoms with E-state index in [4.69, 9.17) is 4.74 Å². The van der Waals surface area contributed by atoms with Crippen molar-refractivity contribution in [3.05, 3.63) is 53.3 Å². The molecule has 2 aromatic carbocycles. The summed E-state index contributed by atoms with van der Waals surface area (Å²) in [5.74, 6) is -0.682. The molecule has 0 unspecified atom stereocenters. The Labute approximate surface area is 169 Å². The molecule has 0 saturated carbocycles. The summed E-state index contributed by atoms with van der Waals surface area (Å²) >= 11 is 0. The Bertz CT molecular complexity index is 1000. The minimum Gasteiger partial charge on any atom is -0.379 e. The average Bonchev–Trinajstić information content (AvgIpc) is 2.69. The number of benzene rings is 2. The highest BCUT2D eigenvalue weighted by atomic mass is 32.2. The van der Waals surface area contributed by atoms with Crippen LogP contribution in [0, 0.1) is 19.7 Å². The highest BCUT2D eigenvalue weighted by molar-refractivity contribution is 7.89. The minimum absolute atomic E-state index is 0.0358. The molecule has 1 saturated heterocycles. The molecule has 1 aliphatic heterocycles. The van der Waals surface area contributed by atoms with Crippen LogP contribution in [0.1, 0.15) is 11.1 Å². The summed E-state index contributed by atoms with van der Waals surface area (Å²) in [7, 11) is -3.67. The van der Waals surface area contributed by atoms with Crippen molar-refractivity contribution in [2.45, 2.75) is 18.7 Å². The third kappa shape index (κ3) is 5.11. The number of hydrogen-bond donors (Lipinski definition) is 2. The number of aryl methyl sites for hydroxylation is 2. The van der Waals surface area contributed by atoms with Gasteiger partial charge >= 0.3 is 0 Å². The fourth-order valence-electron chi connectivity index (χ4n) is 3.09. The van der Waals surface area contributed by atoms with E-state index < -0.39 is 10.0 Å². The zero-order chi connectivity index (χ0) is 21.0. The lowest BCUT2D eigenvalue weighted by atomic mass is 10.2. The number of anilines is 2. The molecular weight excluding hydrogens is 397 g/mol. The van der Waals surface area contributed by atoms with Crippen LogP contribution >= 0.6 is 0 Å². The predicted molar refractivity (Wildman–Crippen MR) is 109 cm³/mol. The van der Waals surface area contributed by atoms with E-state index in [1.165, 1.54) is 22.5 Å². The molecule has 156 valence electrons. The average molecular weight is 421 g/mol. The lowest BCUT2D eigenvalue weighted by Gasteiger charge is -2.26. The summed E-state index contributed by atoms with van der Waals surface area (Å²) in [6, 6.07) is 9.06. The SMILES string of the molecule is Cc1cc(F)ccc1NCC(=O)Nc1ccc(C)c(S(=O)(=O)N2CCOCC2)c1. The van der Waals surface area contributed by atoms with Crippen LogP contribution in [0.2, 0.25) is 0 Å². The van der Waals surface area contributed by atoms with Gasteiger partial charge in [-0.1, -0.05) is 6.07 Å². The van der Waals surface area contributed by atoms with Crippen LogP contribution in [-0.2, 0) is 19.6 Å². The van der Waals surface area contributed by atoms with Crippen LogP contribution in [0.25, 0.3) is 0 Å². The second-order valence-corrected chi connectivity index (χ2v) is 8.76. The van der Waals surface area contributed by atoms with Crippen LogP contribution in [0.5, 0.6) is 0 Å². The first kappa shape index (κ1) is 21.2. The van der Waals surface area contributed by atoms with Crippen molar-refractivity contribution in [2.24, 2.45) is 0 Å². The molecule has 0 radical (unpaired) electrons. The van der Waals surface area contributed by atoms with E-state index in [0.29, 0.717) is 48.8 Å². The van der Waals surface area contributed by atoms with E-state index in [2.05, 4.69) is 10.6 Å². The summed E-state index contributed by atoms with van der Waals surface area (Å²) < 4.78 is 45.7. The Hall–Kier alpha value is -2.49. The highest BCUT2D eigenvalue weighted by Crippen LogP contribution is 2.24. The lowest BCUT2D eigenvalue weighted by Crippen LogP contribution is -2.40. The second-order valence-electron chi connectivity index (χ2n) is 6.86. The summed E-state index contributed by atoms with van der Waals surface area (Å²) in [5, 5.41) is 5.65. The fraction of sp³-hybridized carbons (Fsp3) is 0.350. The van der Waals surface area contributed by atoms with E-state index in [9.17, 15) is 17.6 Å². The van der Waals surface area contributed by atoms with Gasteiger partial charge in [-0.25, -0.2) is 12.8 Å². The Morgan fingerprint density at radius 1 is 1.10 bits per heavy atom. The molecule has 0 aromatic heterocycles. The molecule has 1 heterocycles. The number of amides is 1. The quantitative estimate of drug-likeness (QED) is 0.748. The first-order chi connectivity index (χ1) is 13.8. The molecule has 3 rings (SSSR count). The molecule has 0 atom stereocenters. The van der Waals surface area contributed by atoms with E-state index in [1.54, 1.807) is 32.0 Å². The van der Waals surface area contributed by atoms with Crippen LogP contribution in [-0.4, -0.2) is 51.5 Å². The molecule has 0 spiro atoms. The van der Waals surface area contributed by atoms with Crippen LogP contribution in [0.4, 0.5) is 15.8 Å². The monoisotopic (exact) mass is 421 g/mol. The fourth-order valence-corrected chi connectivity index (χ4v) is 4.75. The molecule has 1 amide bonds. The molecular formula is C20H24FN3O4S. The van der Waals surface area contributed by atoms with Crippen LogP contribution < -0.4 is 10.6 Å². The number of hydrogen-bond acceptors (Lipinski definition) is 5. The maximum atomic E-state index is 13.2. The van der Waals surface area contributed by atoms with E-state index in [-0.39, 0.29) is 23.2 Å². The summed E-state index contributed by atoms with van der Waals surface area (Å²) in [6.07, 6.45) is 0. The van der Waals surface area contributed by atoms with Gasteiger partial charge in [-0.3, -0.25) is 4.79 Å². The van der Waals surface area contributed by atoms with Gasteiger partial charge in [0, 0.05) is 24.5 Å². The van der Waals surface area contributed by atoms with Gasteiger partial charge in [-0.2, -0.15) is 4.31 Å². The first-order valence-corrected chi connectivity index (χ1v) is 10.7. The maximum Gasteiger partial charge on any atom is 0.243 e. The molecule has 0 bridgehead atoms. The summed E-state index contributed by atoms with van der Waals surface area (Å²) in [4.78, 5) is 12.5. The van der Waals surface area contributed by atoms with Crippen molar-refractivity contribution in [3.8, 4) is 0 Å². The van der Waals surface area contributed by atoms with Gasteiger partial charge in [0.15, 0.2) is 0 Å².